The molecule has 0 spiro atoms. The molecule has 2 aliphatic rings. The minimum absolute atomic E-state index is 0.0555. The number of amides is 4. The van der Waals surface area contributed by atoms with Crippen molar-refractivity contribution in [2.24, 2.45) is 0 Å². The molecular weight excluding hydrogens is 306 g/mol. The molecule has 126 valence electrons. The standard InChI is InChI=1S/C14H19N3O6/c18-10(3-4-14(22)23)15-5-7-16(8-6-15)13(21)9-17-11(19)1-2-12(17)20/h1-9H2,(H,22,23). The monoisotopic (exact) mass is 325 g/mol. The van der Waals surface area contributed by atoms with Crippen LogP contribution in [-0.2, 0) is 24.0 Å². The van der Waals surface area contributed by atoms with Crippen LogP contribution in [-0.4, -0.2) is 82.1 Å². The Morgan fingerprint density at radius 3 is 1.78 bits per heavy atom. The van der Waals surface area contributed by atoms with Crippen molar-refractivity contribution in [3.05, 3.63) is 0 Å². The maximum absolute atomic E-state index is 12.1. The summed E-state index contributed by atoms with van der Waals surface area (Å²) in [5.41, 5.74) is 0. The SMILES string of the molecule is O=C(O)CCC(=O)N1CCN(C(=O)CN2C(=O)CCC2=O)CC1. The lowest BCUT2D eigenvalue weighted by Crippen LogP contribution is -2.53. The Morgan fingerprint density at radius 1 is 0.826 bits per heavy atom. The molecule has 9 nitrogen and oxygen atoms in total. The van der Waals surface area contributed by atoms with Gasteiger partial charge in [0.2, 0.25) is 23.6 Å². The van der Waals surface area contributed by atoms with Gasteiger partial charge in [-0.2, -0.15) is 0 Å². The van der Waals surface area contributed by atoms with E-state index in [9.17, 15) is 24.0 Å². The van der Waals surface area contributed by atoms with Crippen molar-refractivity contribution in [2.45, 2.75) is 25.7 Å². The van der Waals surface area contributed by atoms with Crippen LogP contribution in [0.25, 0.3) is 0 Å². The van der Waals surface area contributed by atoms with Gasteiger partial charge in [0.1, 0.15) is 6.54 Å². The second kappa shape index (κ2) is 7.21. The minimum Gasteiger partial charge on any atom is -0.481 e. The first-order chi connectivity index (χ1) is 10.9. The van der Waals surface area contributed by atoms with Gasteiger partial charge in [-0.15, -0.1) is 0 Å². The number of imide groups is 1. The highest BCUT2D eigenvalue weighted by atomic mass is 16.4. The summed E-state index contributed by atoms with van der Waals surface area (Å²) < 4.78 is 0. The molecule has 0 radical (unpaired) electrons. The van der Waals surface area contributed by atoms with E-state index in [-0.39, 0.29) is 55.9 Å². The van der Waals surface area contributed by atoms with Gasteiger partial charge in [-0.05, 0) is 0 Å². The van der Waals surface area contributed by atoms with Crippen LogP contribution in [0, 0.1) is 0 Å². The number of carboxylic acids is 1. The molecule has 9 heteroatoms. The zero-order valence-corrected chi connectivity index (χ0v) is 12.7. The summed E-state index contributed by atoms with van der Waals surface area (Å²) >= 11 is 0. The maximum Gasteiger partial charge on any atom is 0.303 e. The van der Waals surface area contributed by atoms with Crippen molar-refractivity contribution in [1.82, 2.24) is 14.7 Å². The molecular formula is C14H19N3O6. The van der Waals surface area contributed by atoms with Crippen molar-refractivity contribution in [3.8, 4) is 0 Å². The maximum atomic E-state index is 12.1. The molecule has 2 saturated heterocycles. The molecule has 2 heterocycles. The van der Waals surface area contributed by atoms with Gasteiger partial charge in [-0.3, -0.25) is 28.9 Å². The van der Waals surface area contributed by atoms with Crippen LogP contribution in [0.5, 0.6) is 0 Å². The third-order valence-corrected chi connectivity index (χ3v) is 3.99. The molecule has 0 aliphatic carbocycles. The molecule has 0 atom stereocenters. The summed E-state index contributed by atoms with van der Waals surface area (Å²) in [5, 5.41) is 8.57. The van der Waals surface area contributed by atoms with E-state index in [1.165, 1.54) is 9.80 Å². The average Bonchev–Trinajstić information content (AvgIpc) is 2.84. The highest BCUT2D eigenvalue weighted by Gasteiger charge is 2.32. The predicted molar refractivity (Wildman–Crippen MR) is 76.0 cm³/mol. The topological polar surface area (TPSA) is 115 Å². The van der Waals surface area contributed by atoms with Gasteiger partial charge in [0, 0.05) is 45.4 Å². The molecule has 0 aromatic rings. The predicted octanol–water partition coefficient (Wildman–Crippen LogP) is -1.33. The van der Waals surface area contributed by atoms with Crippen LogP contribution in [0.2, 0.25) is 0 Å². The molecule has 0 aromatic heterocycles. The Kier molecular flexibility index (Phi) is 5.30. The first-order valence-electron chi connectivity index (χ1n) is 7.49. The van der Waals surface area contributed by atoms with Gasteiger partial charge in [0.15, 0.2) is 0 Å². The van der Waals surface area contributed by atoms with E-state index in [0.717, 1.165) is 4.90 Å². The molecule has 0 bridgehead atoms. The third-order valence-electron chi connectivity index (χ3n) is 3.99. The highest BCUT2D eigenvalue weighted by Crippen LogP contribution is 2.12. The fourth-order valence-electron chi connectivity index (χ4n) is 2.61. The summed E-state index contributed by atoms with van der Waals surface area (Å²) in [7, 11) is 0. The Morgan fingerprint density at radius 2 is 1.30 bits per heavy atom. The summed E-state index contributed by atoms with van der Waals surface area (Å²) in [6.45, 7) is 1.03. The van der Waals surface area contributed by atoms with Crippen LogP contribution in [0.1, 0.15) is 25.7 Å². The summed E-state index contributed by atoms with van der Waals surface area (Å²) in [4.78, 5) is 61.4. The summed E-state index contributed by atoms with van der Waals surface area (Å²) in [6.07, 6.45) is 0.0349. The van der Waals surface area contributed by atoms with Gasteiger partial charge >= 0.3 is 5.97 Å². The van der Waals surface area contributed by atoms with Gasteiger partial charge in [0.25, 0.3) is 0 Å². The van der Waals surface area contributed by atoms with Gasteiger partial charge in [-0.25, -0.2) is 0 Å². The first-order valence-corrected chi connectivity index (χ1v) is 7.49. The van der Waals surface area contributed by atoms with Crippen molar-refractivity contribution >= 4 is 29.6 Å². The summed E-state index contributed by atoms with van der Waals surface area (Å²) in [5.74, 6) is -2.24. The molecule has 1 N–H and O–H groups in total. The second-order valence-corrected chi connectivity index (χ2v) is 5.53. The zero-order valence-electron chi connectivity index (χ0n) is 12.7. The molecule has 2 aliphatic heterocycles. The number of hydrogen-bond donors (Lipinski definition) is 1. The lowest BCUT2D eigenvalue weighted by atomic mass is 10.2. The lowest BCUT2D eigenvalue weighted by molar-refractivity contribution is -0.147. The van der Waals surface area contributed by atoms with Gasteiger partial charge < -0.3 is 14.9 Å². The van der Waals surface area contributed by atoms with E-state index in [4.69, 9.17) is 5.11 Å². The van der Waals surface area contributed by atoms with Crippen LogP contribution in [0.15, 0.2) is 0 Å². The van der Waals surface area contributed by atoms with Crippen LogP contribution in [0.3, 0.4) is 0 Å². The van der Waals surface area contributed by atoms with Crippen molar-refractivity contribution in [2.75, 3.05) is 32.7 Å². The first kappa shape index (κ1) is 16.9. The van der Waals surface area contributed by atoms with E-state index >= 15 is 0 Å². The molecule has 2 fully saturated rings. The van der Waals surface area contributed by atoms with E-state index in [0.29, 0.717) is 26.2 Å². The van der Waals surface area contributed by atoms with Crippen molar-refractivity contribution in [3.63, 3.8) is 0 Å². The molecule has 0 saturated carbocycles. The fourth-order valence-corrected chi connectivity index (χ4v) is 2.61. The highest BCUT2D eigenvalue weighted by molar-refractivity contribution is 6.04. The number of carboxylic acid groups (broad SMARTS) is 1. The van der Waals surface area contributed by atoms with E-state index < -0.39 is 5.97 Å². The van der Waals surface area contributed by atoms with E-state index in [1.807, 2.05) is 0 Å². The molecule has 23 heavy (non-hydrogen) atoms. The van der Waals surface area contributed by atoms with Crippen LogP contribution >= 0.6 is 0 Å². The van der Waals surface area contributed by atoms with Gasteiger partial charge in [-0.1, -0.05) is 0 Å². The minimum atomic E-state index is -1.02. The zero-order chi connectivity index (χ0) is 17.0. The molecule has 0 aromatic carbocycles. The Hall–Kier alpha value is -2.45. The number of hydrogen-bond acceptors (Lipinski definition) is 5. The van der Waals surface area contributed by atoms with Crippen LogP contribution in [0.4, 0.5) is 0 Å². The Labute approximate surface area is 132 Å². The Balaban J connectivity index is 1.78. The Bertz CT molecular complexity index is 523. The van der Waals surface area contributed by atoms with Crippen molar-refractivity contribution < 1.29 is 29.1 Å². The number of likely N-dealkylation sites (tertiary alicyclic amines) is 1. The second-order valence-electron chi connectivity index (χ2n) is 5.53. The van der Waals surface area contributed by atoms with Gasteiger partial charge in [0.05, 0.1) is 6.42 Å². The number of rotatable bonds is 5. The van der Waals surface area contributed by atoms with E-state index in [1.54, 1.807) is 0 Å². The smallest absolute Gasteiger partial charge is 0.303 e. The van der Waals surface area contributed by atoms with Crippen molar-refractivity contribution in [1.29, 1.82) is 0 Å². The fraction of sp³-hybridized carbons (Fsp3) is 0.643. The number of aliphatic carboxylic acids is 1. The quantitative estimate of drug-likeness (QED) is 0.626. The number of carbonyl (C=O) groups excluding carboxylic acids is 4. The number of carbonyl (C=O) groups is 5. The average molecular weight is 325 g/mol. The van der Waals surface area contributed by atoms with Crippen LogP contribution < -0.4 is 0 Å². The number of piperazine rings is 1. The third kappa shape index (κ3) is 4.27. The normalized spacial score (nSPS) is 18.5. The largest absolute Gasteiger partial charge is 0.481 e. The molecule has 4 amide bonds. The summed E-state index contributed by atoms with van der Waals surface area (Å²) in [6, 6.07) is 0. The number of nitrogens with zero attached hydrogens (tertiary/aromatic N) is 3. The van der Waals surface area contributed by atoms with E-state index in [2.05, 4.69) is 0 Å². The lowest BCUT2D eigenvalue weighted by Gasteiger charge is -2.35. The molecule has 2 rings (SSSR count). The molecule has 0 unspecified atom stereocenters.